The Morgan fingerprint density at radius 2 is 1.89 bits per heavy atom. The SMILES string of the molecule is O=c1[nH]ncc2c1c(=O)c1cc(F)c(N3CCNCC3)c(F)c1n2C1CC1. The maximum absolute atomic E-state index is 15.6. The Balaban J connectivity index is 1.93. The first-order valence-corrected chi connectivity index (χ1v) is 8.97. The van der Waals surface area contributed by atoms with Gasteiger partial charge in [-0.1, -0.05) is 0 Å². The van der Waals surface area contributed by atoms with Gasteiger partial charge in [-0.3, -0.25) is 9.59 Å². The predicted octanol–water partition coefficient (Wildman–Crippen LogP) is 1.26. The lowest BCUT2D eigenvalue weighted by Crippen LogP contribution is -2.44. The fourth-order valence-electron chi connectivity index (χ4n) is 3.94. The number of aromatic nitrogens is 3. The number of nitrogens with zero attached hydrogens (tertiary/aromatic N) is 3. The molecule has 3 heterocycles. The highest BCUT2D eigenvalue weighted by Gasteiger charge is 2.31. The minimum atomic E-state index is -0.786. The number of hydrogen-bond acceptors (Lipinski definition) is 5. The Hall–Kier alpha value is -2.81. The van der Waals surface area contributed by atoms with Gasteiger partial charge in [0.25, 0.3) is 5.56 Å². The molecule has 7 nitrogen and oxygen atoms in total. The van der Waals surface area contributed by atoms with Crippen molar-refractivity contribution in [3.05, 3.63) is 44.5 Å². The molecular weight excluding hydrogens is 356 g/mol. The van der Waals surface area contributed by atoms with Crippen molar-refractivity contribution in [2.24, 2.45) is 0 Å². The molecule has 2 aromatic heterocycles. The maximum atomic E-state index is 15.6. The van der Waals surface area contributed by atoms with Gasteiger partial charge < -0.3 is 14.8 Å². The average Bonchev–Trinajstić information content (AvgIpc) is 3.49. The van der Waals surface area contributed by atoms with Crippen LogP contribution in [0.15, 0.2) is 21.9 Å². The van der Waals surface area contributed by atoms with Crippen molar-refractivity contribution in [2.45, 2.75) is 18.9 Å². The van der Waals surface area contributed by atoms with Crippen LogP contribution in [-0.4, -0.2) is 40.9 Å². The number of nitrogens with one attached hydrogen (secondary N) is 2. The van der Waals surface area contributed by atoms with E-state index in [4.69, 9.17) is 0 Å². The van der Waals surface area contributed by atoms with Crippen LogP contribution in [0.3, 0.4) is 0 Å². The Morgan fingerprint density at radius 1 is 1.15 bits per heavy atom. The van der Waals surface area contributed by atoms with Crippen LogP contribution in [0.4, 0.5) is 14.5 Å². The van der Waals surface area contributed by atoms with Crippen LogP contribution in [0.5, 0.6) is 0 Å². The van der Waals surface area contributed by atoms with E-state index < -0.39 is 22.6 Å². The van der Waals surface area contributed by atoms with Gasteiger partial charge in [-0.15, -0.1) is 0 Å². The molecule has 0 radical (unpaired) electrons. The van der Waals surface area contributed by atoms with Crippen LogP contribution in [0.25, 0.3) is 21.8 Å². The van der Waals surface area contributed by atoms with Gasteiger partial charge in [0.15, 0.2) is 5.82 Å². The van der Waals surface area contributed by atoms with Gasteiger partial charge in [-0.05, 0) is 18.9 Å². The van der Waals surface area contributed by atoms with Crippen molar-refractivity contribution in [3.63, 3.8) is 0 Å². The van der Waals surface area contributed by atoms with E-state index in [1.807, 2.05) is 0 Å². The van der Waals surface area contributed by atoms with Gasteiger partial charge in [0.05, 0.1) is 22.6 Å². The first-order chi connectivity index (χ1) is 13.1. The second-order valence-corrected chi connectivity index (χ2v) is 7.04. The lowest BCUT2D eigenvalue weighted by molar-refractivity contribution is 0.539. The van der Waals surface area contributed by atoms with Crippen molar-refractivity contribution in [1.29, 1.82) is 0 Å². The summed E-state index contributed by atoms with van der Waals surface area (Å²) in [5.41, 5.74) is -1.10. The van der Waals surface area contributed by atoms with Crippen LogP contribution in [0, 0.1) is 11.6 Å². The molecule has 5 rings (SSSR count). The molecule has 1 aliphatic carbocycles. The summed E-state index contributed by atoms with van der Waals surface area (Å²) in [6.45, 7) is 2.20. The fraction of sp³-hybridized carbons (Fsp3) is 0.389. The number of rotatable bonds is 2. The third kappa shape index (κ3) is 2.38. The van der Waals surface area contributed by atoms with Crippen molar-refractivity contribution in [2.75, 3.05) is 31.1 Å². The highest BCUT2D eigenvalue weighted by molar-refractivity contribution is 5.95. The van der Waals surface area contributed by atoms with E-state index in [0.717, 1.165) is 18.9 Å². The molecule has 0 atom stereocenters. The minimum Gasteiger partial charge on any atom is -0.364 e. The molecule has 0 unspecified atom stereocenters. The van der Waals surface area contributed by atoms with E-state index in [1.165, 1.54) is 6.20 Å². The third-order valence-corrected chi connectivity index (χ3v) is 5.32. The van der Waals surface area contributed by atoms with Crippen LogP contribution in [0.1, 0.15) is 18.9 Å². The molecule has 140 valence electrons. The van der Waals surface area contributed by atoms with E-state index in [0.29, 0.717) is 26.2 Å². The first-order valence-electron chi connectivity index (χ1n) is 8.97. The molecular formula is C18H17F2N5O2. The van der Waals surface area contributed by atoms with Gasteiger partial charge in [0, 0.05) is 32.2 Å². The van der Waals surface area contributed by atoms with Gasteiger partial charge in [0.2, 0.25) is 5.43 Å². The van der Waals surface area contributed by atoms with Crippen molar-refractivity contribution in [3.8, 4) is 0 Å². The molecule has 3 aromatic rings. The molecule has 0 spiro atoms. The molecule has 1 saturated carbocycles. The smallest absolute Gasteiger partial charge is 0.277 e. The van der Waals surface area contributed by atoms with E-state index >= 15 is 4.39 Å². The van der Waals surface area contributed by atoms with E-state index in [1.54, 1.807) is 9.47 Å². The van der Waals surface area contributed by atoms with Gasteiger partial charge in [-0.2, -0.15) is 5.10 Å². The van der Waals surface area contributed by atoms with E-state index in [2.05, 4.69) is 15.5 Å². The summed E-state index contributed by atoms with van der Waals surface area (Å²) in [6.07, 6.45) is 2.97. The molecule has 2 N–H and O–H groups in total. The number of fused-ring (bicyclic) bond motifs is 2. The zero-order chi connectivity index (χ0) is 18.7. The second-order valence-electron chi connectivity index (χ2n) is 7.04. The molecule has 9 heteroatoms. The number of aromatic amines is 1. The topological polar surface area (TPSA) is 83.0 Å². The van der Waals surface area contributed by atoms with Crippen LogP contribution >= 0.6 is 0 Å². The monoisotopic (exact) mass is 373 g/mol. The van der Waals surface area contributed by atoms with E-state index in [-0.39, 0.29) is 33.5 Å². The number of anilines is 1. The standard InChI is InChI=1S/C18H17F2N5O2/c19-11-7-10-15(14(20)16(11)24-5-3-21-4-6-24)25(9-1-2-9)12-8-22-23-18(27)13(12)17(10)26/h7-9,21H,1-6H2,(H,23,27). The quantitative estimate of drug-likeness (QED) is 0.661. The zero-order valence-electron chi connectivity index (χ0n) is 14.4. The summed E-state index contributed by atoms with van der Waals surface area (Å²) in [5, 5.41) is 8.94. The number of H-pyrrole nitrogens is 1. The molecule has 2 fully saturated rings. The molecule has 1 aromatic carbocycles. The lowest BCUT2D eigenvalue weighted by Gasteiger charge is -2.30. The Morgan fingerprint density at radius 3 is 2.59 bits per heavy atom. The van der Waals surface area contributed by atoms with Crippen molar-refractivity contribution >= 4 is 27.5 Å². The number of benzene rings is 1. The summed E-state index contributed by atoms with van der Waals surface area (Å²) in [7, 11) is 0. The summed E-state index contributed by atoms with van der Waals surface area (Å²) in [6, 6.07) is 1.03. The number of halogens is 2. The van der Waals surface area contributed by atoms with Crippen LogP contribution in [0.2, 0.25) is 0 Å². The summed E-state index contributed by atoms with van der Waals surface area (Å²) in [4.78, 5) is 26.7. The highest BCUT2D eigenvalue weighted by atomic mass is 19.1. The molecule has 1 aliphatic heterocycles. The largest absolute Gasteiger partial charge is 0.364 e. The minimum absolute atomic E-state index is 0.0324. The Kier molecular flexibility index (Phi) is 3.55. The first kappa shape index (κ1) is 16.4. The molecule has 0 amide bonds. The average molecular weight is 373 g/mol. The number of pyridine rings is 1. The lowest BCUT2D eigenvalue weighted by atomic mass is 10.1. The van der Waals surface area contributed by atoms with Crippen molar-refractivity contribution in [1.82, 2.24) is 20.1 Å². The number of hydrogen-bond donors (Lipinski definition) is 2. The summed E-state index contributed by atoms with van der Waals surface area (Å²) < 4.78 is 32.1. The molecule has 1 saturated heterocycles. The van der Waals surface area contributed by atoms with Gasteiger partial charge in [-0.25, -0.2) is 13.9 Å². The zero-order valence-corrected chi connectivity index (χ0v) is 14.4. The molecule has 2 aliphatic rings. The second kappa shape index (κ2) is 5.85. The normalized spacial score (nSPS) is 17.8. The molecule has 0 bridgehead atoms. The number of piperazine rings is 1. The summed E-state index contributed by atoms with van der Waals surface area (Å²) in [5.74, 6) is -1.54. The van der Waals surface area contributed by atoms with Crippen molar-refractivity contribution < 1.29 is 8.78 Å². The van der Waals surface area contributed by atoms with Crippen LogP contribution < -0.4 is 21.2 Å². The Bertz CT molecular complexity index is 1190. The van der Waals surface area contributed by atoms with Crippen LogP contribution in [-0.2, 0) is 0 Å². The van der Waals surface area contributed by atoms with Gasteiger partial charge >= 0.3 is 0 Å². The molecule has 27 heavy (non-hydrogen) atoms. The van der Waals surface area contributed by atoms with Gasteiger partial charge in [0.1, 0.15) is 16.9 Å². The van der Waals surface area contributed by atoms with E-state index in [9.17, 15) is 14.0 Å². The Labute approximate surface area is 151 Å². The summed E-state index contributed by atoms with van der Waals surface area (Å²) >= 11 is 0. The highest BCUT2D eigenvalue weighted by Crippen LogP contribution is 2.41. The fourth-order valence-corrected chi connectivity index (χ4v) is 3.94. The third-order valence-electron chi connectivity index (χ3n) is 5.32. The maximum Gasteiger partial charge on any atom is 0.277 e. The predicted molar refractivity (Wildman–Crippen MR) is 97.4 cm³/mol.